The van der Waals surface area contributed by atoms with Crippen LogP contribution in [0, 0.1) is 5.92 Å². The van der Waals surface area contributed by atoms with E-state index < -0.39 is 0 Å². The SMILES string of the molecule is CN(C)CCNC(=O)C1Cc2nc(-c3ccccc3)sc2N1CC1CC1. The number of benzene rings is 1. The third-order valence-corrected chi connectivity index (χ3v) is 6.22. The van der Waals surface area contributed by atoms with Crippen LogP contribution >= 0.6 is 11.3 Å². The lowest BCUT2D eigenvalue weighted by Crippen LogP contribution is -2.47. The van der Waals surface area contributed by atoms with Crippen LogP contribution in [-0.2, 0) is 11.2 Å². The van der Waals surface area contributed by atoms with Crippen molar-refractivity contribution in [3.63, 3.8) is 0 Å². The summed E-state index contributed by atoms with van der Waals surface area (Å²) in [5.74, 6) is 0.874. The number of nitrogens with one attached hydrogen (secondary N) is 1. The van der Waals surface area contributed by atoms with Crippen molar-refractivity contribution in [2.24, 2.45) is 5.92 Å². The molecule has 1 aromatic carbocycles. The number of nitrogens with zero attached hydrogens (tertiary/aromatic N) is 3. The molecule has 1 unspecified atom stereocenters. The molecule has 1 N–H and O–H groups in total. The highest BCUT2D eigenvalue weighted by atomic mass is 32.1. The average Bonchev–Trinajstić information content (AvgIpc) is 3.25. The molecule has 0 radical (unpaired) electrons. The van der Waals surface area contributed by atoms with Gasteiger partial charge in [-0.2, -0.15) is 0 Å². The fraction of sp³-hybridized carbons (Fsp3) is 0.500. The molecule has 0 spiro atoms. The maximum Gasteiger partial charge on any atom is 0.243 e. The summed E-state index contributed by atoms with van der Waals surface area (Å²) in [7, 11) is 4.04. The highest BCUT2D eigenvalue weighted by Gasteiger charge is 2.40. The Bertz CT molecular complexity index is 769. The van der Waals surface area contributed by atoms with E-state index in [4.69, 9.17) is 4.98 Å². The molecule has 2 aromatic rings. The maximum atomic E-state index is 12.8. The first kappa shape index (κ1) is 17.5. The molecule has 138 valence electrons. The summed E-state index contributed by atoms with van der Waals surface area (Å²) in [5.41, 5.74) is 2.24. The summed E-state index contributed by atoms with van der Waals surface area (Å²) in [6, 6.07) is 10.2. The minimum absolute atomic E-state index is 0.101. The summed E-state index contributed by atoms with van der Waals surface area (Å²) in [6.45, 7) is 2.53. The summed E-state index contributed by atoms with van der Waals surface area (Å²) in [4.78, 5) is 22.0. The van der Waals surface area contributed by atoms with Crippen molar-refractivity contribution in [3.05, 3.63) is 36.0 Å². The monoisotopic (exact) mass is 370 g/mol. The van der Waals surface area contributed by atoms with Gasteiger partial charge in [-0.05, 0) is 32.9 Å². The first-order valence-corrected chi connectivity index (χ1v) is 10.2. The standard InChI is InChI=1S/C20H26N4OS/c1-23(2)11-10-21-18(25)17-12-16-20(24(17)13-14-8-9-14)26-19(22-16)15-6-4-3-5-7-15/h3-7,14,17H,8-13H2,1-2H3,(H,21,25). The zero-order valence-corrected chi connectivity index (χ0v) is 16.3. The predicted molar refractivity (Wildman–Crippen MR) is 107 cm³/mol. The molecule has 2 aliphatic rings. The summed E-state index contributed by atoms with van der Waals surface area (Å²) < 4.78 is 0. The zero-order chi connectivity index (χ0) is 18.1. The van der Waals surface area contributed by atoms with E-state index >= 15 is 0 Å². The van der Waals surface area contributed by atoms with Gasteiger partial charge in [-0.3, -0.25) is 4.79 Å². The lowest BCUT2D eigenvalue weighted by atomic mass is 10.2. The molecule has 1 aliphatic carbocycles. The van der Waals surface area contributed by atoms with Gasteiger partial charge < -0.3 is 15.1 Å². The van der Waals surface area contributed by atoms with Gasteiger partial charge in [0.05, 0.1) is 5.69 Å². The third kappa shape index (κ3) is 3.76. The van der Waals surface area contributed by atoms with Crippen molar-refractivity contribution in [3.8, 4) is 10.6 Å². The second kappa shape index (κ2) is 7.37. The smallest absolute Gasteiger partial charge is 0.243 e. The fourth-order valence-corrected chi connectivity index (χ4v) is 4.54. The molecule has 0 bridgehead atoms. The number of carbonyl (C=O) groups excluding carboxylic acids is 1. The topological polar surface area (TPSA) is 48.5 Å². The Kier molecular flexibility index (Phi) is 4.96. The number of aromatic nitrogens is 1. The minimum Gasteiger partial charge on any atom is -0.353 e. The summed E-state index contributed by atoms with van der Waals surface area (Å²) in [6.07, 6.45) is 3.29. The van der Waals surface area contributed by atoms with Gasteiger partial charge in [-0.1, -0.05) is 41.7 Å². The number of rotatable bonds is 7. The van der Waals surface area contributed by atoms with E-state index in [1.54, 1.807) is 11.3 Å². The van der Waals surface area contributed by atoms with Crippen LogP contribution in [0.15, 0.2) is 30.3 Å². The summed E-state index contributed by atoms with van der Waals surface area (Å²) in [5, 5.41) is 5.36. The summed E-state index contributed by atoms with van der Waals surface area (Å²) >= 11 is 1.73. The number of likely N-dealkylation sites (N-methyl/N-ethyl adjacent to an activating group) is 1. The molecule has 0 saturated heterocycles. The Balaban J connectivity index is 1.51. The molecule has 1 aromatic heterocycles. The van der Waals surface area contributed by atoms with Crippen LogP contribution in [0.4, 0.5) is 5.00 Å². The Morgan fingerprint density at radius 2 is 2.08 bits per heavy atom. The number of carbonyl (C=O) groups is 1. The molecule has 1 atom stereocenters. The van der Waals surface area contributed by atoms with Crippen molar-refractivity contribution in [2.75, 3.05) is 38.6 Å². The number of fused-ring (bicyclic) bond motifs is 1. The van der Waals surface area contributed by atoms with E-state index in [-0.39, 0.29) is 11.9 Å². The van der Waals surface area contributed by atoms with Crippen LogP contribution in [0.3, 0.4) is 0 Å². The van der Waals surface area contributed by atoms with Crippen LogP contribution in [0.25, 0.3) is 10.6 Å². The Morgan fingerprint density at radius 3 is 2.77 bits per heavy atom. The Hall–Kier alpha value is -1.92. The van der Waals surface area contributed by atoms with Gasteiger partial charge in [0, 0.05) is 31.6 Å². The molecule has 4 rings (SSSR count). The van der Waals surface area contributed by atoms with E-state index in [0.29, 0.717) is 6.54 Å². The van der Waals surface area contributed by atoms with Crippen LogP contribution < -0.4 is 10.2 Å². The lowest BCUT2D eigenvalue weighted by Gasteiger charge is -2.26. The van der Waals surface area contributed by atoms with Crippen molar-refractivity contribution in [1.29, 1.82) is 0 Å². The first-order valence-electron chi connectivity index (χ1n) is 9.36. The Morgan fingerprint density at radius 1 is 1.31 bits per heavy atom. The van der Waals surface area contributed by atoms with Crippen molar-refractivity contribution >= 4 is 22.2 Å². The van der Waals surface area contributed by atoms with Gasteiger partial charge in [0.1, 0.15) is 16.1 Å². The lowest BCUT2D eigenvalue weighted by molar-refractivity contribution is -0.122. The van der Waals surface area contributed by atoms with Gasteiger partial charge in [-0.15, -0.1) is 0 Å². The number of hydrogen-bond donors (Lipinski definition) is 1. The van der Waals surface area contributed by atoms with E-state index in [1.807, 2.05) is 32.3 Å². The maximum absolute atomic E-state index is 12.8. The molecule has 5 nitrogen and oxygen atoms in total. The van der Waals surface area contributed by atoms with Crippen LogP contribution in [0.1, 0.15) is 18.5 Å². The predicted octanol–water partition coefficient (Wildman–Crippen LogP) is 2.63. The van der Waals surface area contributed by atoms with Crippen LogP contribution in [-0.4, -0.2) is 55.6 Å². The third-order valence-electron chi connectivity index (χ3n) is 5.03. The quantitative estimate of drug-likeness (QED) is 0.814. The molecule has 1 aliphatic heterocycles. The second-order valence-corrected chi connectivity index (χ2v) is 8.52. The van der Waals surface area contributed by atoms with Crippen molar-refractivity contribution < 1.29 is 4.79 Å². The molecular weight excluding hydrogens is 344 g/mol. The van der Waals surface area contributed by atoms with Gasteiger partial charge in [-0.25, -0.2) is 4.98 Å². The largest absolute Gasteiger partial charge is 0.353 e. The number of thiazole rings is 1. The fourth-order valence-electron chi connectivity index (χ4n) is 3.38. The van der Waals surface area contributed by atoms with E-state index in [2.05, 4.69) is 27.2 Å². The Labute approximate surface area is 159 Å². The van der Waals surface area contributed by atoms with Crippen LogP contribution in [0.5, 0.6) is 0 Å². The van der Waals surface area contributed by atoms with Gasteiger partial charge in [0.25, 0.3) is 0 Å². The highest BCUT2D eigenvalue weighted by molar-refractivity contribution is 7.19. The molecule has 1 saturated carbocycles. The van der Waals surface area contributed by atoms with E-state index in [9.17, 15) is 4.79 Å². The molecule has 6 heteroatoms. The van der Waals surface area contributed by atoms with Gasteiger partial charge >= 0.3 is 0 Å². The molecule has 1 fully saturated rings. The van der Waals surface area contributed by atoms with E-state index in [1.165, 1.54) is 17.8 Å². The minimum atomic E-state index is -0.101. The number of anilines is 1. The molecular formula is C20H26N4OS. The number of amides is 1. The van der Waals surface area contributed by atoms with Crippen molar-refractivity contribution in [1.82, 2.24) is 15.2 Å². The van der Waals surface area contributed by atoms with Gasteiger partial charge in [0.15, 0.2) is 0 Å². The van der Waals surface area contributed by atoms with E-state index in [0.717, 1.165) is 41.7 Å². The van der Waals surface area contributed by atoms with Crippen LogP contribution in [0.2, 0.25) is 0 Å². The molecule has 2 heterocycles. The normalized spacial score (nSPS) is 19.0. The van der Waals surface area contributed by atoms with Crippen molar-refractivity contribution in [2.45, 2.75) is 25.3 Å². The van der Waals surface area contributed by atoms with Gasteiger partial charge in [0.2, 0.25) is 5.91 Å². The number of hydrogen-bond acceptors (Lipinski definition) is 5. The first-order chi connectivity index (χ1) is 12.6. The average molecular weight is 371 g/mol. The molecule has 26 heavy (non-hydrogen) atoms. The second-order valence-electron chi connectivity index (χ2n) is 7.55. The highest BCUT2D eigenvalue weighted by Crippen LogP contribution is 2.43. The molecule has 1 amide bonds. The zero-order valence-electron chi connectivity index (χ0n) is 15.4.